The summed E-state index contributed by atoms with van der Waals surface area (Å²) in [5, 5.41) is 13.8. The van der Waals surface area contributed by atoms with Gasteiger partial charge in [-0.05, 0) is 26.3 Å². The largest absolute Gasteiger partial charge is 0.352 e. The topological polar surface area (TPSA) is 71.8 Å². The molecule has 2 unspecified atom stereocenters. The van der Waals surface area contributed by atoms with Gasteiger partial charge in [0.05, 0.1) is 6.20 Å². The Labute approximate surface area is 94.4 Å². The van der Waals surface area contributed by atoms with Crippen molar-refractivity contribution >= 4 is 5.91 Å². The van der Waals surface area contributed by atoms with Crippen molar-refractivity contribution in [3.63, 3.8) is 0 Å². The van der Waals surface area contributed by atoms with Crippen LogP contribution in [0.2, 0.25) is 0 Å². The van der Waals surface area contributed by atoms with Crippen LogP contribution in [-0.4, -0.2) is 39.5 Å². The van der Waals surface area contributed by atoms with Crippen LogP contribution < -0.4 is 10.6 Å². The molecule has 1 aliphatic rings. The maximum Gasteiger partial charge on any atom is 0.242 e. The predicted molar refractivity (Wildman–Crippen MR) is 58.7 cm³/mol. The first-order valence-electron chi connectivity index (χ1n) is 5.61. The number of amides is 1. The van der Waals surface area contributed by atoms with Gasteiger partial charge in [-0.25, -0.2) is 4.68 Å². The van der Waals surface area contributed by atoms with Crippen LogP contribution in [0.15, 0.2) is 12.4 Å². The molecule has 0 aromatic carbocycles. The molecule has 0 saturated carbocycles. The summed E-state index contributed by atoms with van der Waals surface area (Å²) < 4.78 is 1.53. The van der Waals surface area contributed by atoms with Crippen LogP contribution >= 0.6 is 0 Å². The molecule has 1 amide bonds. The number of rotatable bonds is 3. The molecule has 1 aromatic heterocycles. The van der Waals surface area contributed by atoms with E-state index in [-0.39, 0.29) is 18.5 Å². The van der Waals surface area contributed by atoms with Crippen LogP contribution in [0.5, 0.6) is 0 Å². The molecule has 1 saturated heterocycles. The number of carbonyl (C=O) groups is 1. The van der Waals surface area contributed by atoms with E-state index in [0.717, 1.165) is 19.4 Å². The lowest BCUT2D eigenvalue weighted by molar-refractivity contribution is -0.122. The van der Waals surface area contributed by atoms with Crippen molar-refractivity contribution in [1.82, 2.24) is 25.6 Å². The van der Waals surface area contributed by atoms with Gasteiger partial charge in [-0.3, -0.25) is 4.79 Å². The maximum absolute atomic E-state index is 11.7. The number of piperidine rings is 1. The minimum Gasteiger partial charge on any atom is -0.352 e. The molecule has 6 nitrogen and oxygen atoms in total. The van der Waals surface area contributed by atoms with Crippen LogP contribution in [0.25, 0.3) is 0 Å². The van der Waals surface area contributed by atoms with Crippen LogP contribution in [-0.2, 0) is 11.3 Å². The average molecular weight is 223 g/mol. The summed E-state index contributed by atoms with van der Waals surface area (Å²) in [6, 6.07) is 0.762. The van der Waals surface area contributed by atoms with Crippen LogP contribution in [0.3, 0.4) is 0 Å². The Morgan fingerprint density at radius 3 is 3.25 bits per heavy atom. The van der Waals surface area contributed by atoms with E-state index in [4.69, 9.17) is 0 Å². The zero-order chi connectivity index (χ0) is 11.4. The maximum atomic E-state index is 11.7. The van der Waals surface area contributed by atoms with Gasteiger partial charge < -0.3 is 10.6 Å². The molecule has 1 aliphatic heterocycles. The molecular weight excluding hydrogens is 206 g/mol. The summed E-state index contributed by atoms with van der Waals surface area (Å²) in [5.74, 6) is 0.00426. The minimum absolute atomic E-state index is 0.00426. The van der Waals surface area contributed by atoms with Crippen LogP contribution in [0, 0.1) is 0 Å². The molecule has 2 atom stereocenters. The molecule has 1 fully saturated rings. The van der Waals surface area contributed by atoms with E-state index in [1.165, 1.54) is 4.68 Å². The Hall–Kier alpha value is -1.43. The molecule has 16 heavy (non-hydrogen) atoms. The lowest BCUT2D eigenvalue weighted by atomic mass is 10.0. The highest BCUT2D eigenvalue weighted by molar-refractivity contribution is 5.75. The first-order chi connectivity index (χ1) is 7.74. The summed E-state index contributed by atoms with van der Waals surface area (Å²) in [6.45, 7) is 3.35. The third-order valence-electron chi connectivity index (χ3n) is 2.77. The van der Waals surface area contributed by atoms with Gasteiger partial charge in [0.25, 0.3) is 0 Å². The summed E-state index contributed by atoms with van der Waals surface area (Å²) in [7, 11) is 0. The SMILES string of the molecule is CC1CC(NC(=O)Cn2ccnn2)CCN1. The lowest BCUT2D eigenvalue weighted by Gasteiger charge is -2.28. The van der Waals surface area contributed by atoms with Crippen molar-refractivity contribution in [3.05, 3.63) is 12.4 Å². The quantitative estimate of drug-likeness (QED) is 0.727. The van der Waals surface area contributed by atoms with Gasteiger partial charge in [-0.15, -0.1) is 5.10 Å². The van der Waals surface area contributed by atoms with Gasteiger partial charge in [0.2, 0.25) is 5.91 Å². The van der Waals surface area contributed by atoms with E-state index >= 15 is 0 Å². The van der Waals surface area contributed by atoms with Crippen LogP contribution in [0.4, 0.5) is 0 Å². The summed E-state index contributed by atoms with van der Waals surface area (Å²) >= 11 is 0. The van der Waals surface area contributed by atoms with Crippen molar-refractivity contribution in [2.45, 2.75) is 38.4 Å². The third-order valence-corrected chi connectivity index (χ3v) is 2.77. The van der Waals surface area contributed by atoms with Crippen molar-refractivity contribution < 1.29 is 4.79 Å². The van der Waals surface area contributed by atoms with Gasteiger partial charge in [0, 0.05) is 18.3 Å². The fourth-order valence-electron chi connectivity index (χ4n) is 2.00. The molecule has 2 heterocycles. The fraction of sp³-hybridized carbons (Fsp3) is 0.700. The monoisotopic (exact) mass is 223 g/mol. The molecule has 0 radical (unpaired) electrons. The number of carbonyl (C=O) groups excluding carboxylic acids is 1. The number of aromatic nitrogens is 3. The second-order valence-corrected chi connectivity index (χ2v) is 4.24. The Balaban J connectivity index is 1.78. The molecule has 2 N–H and O–H groups in total. The van der Waals surface area contributed by atoms with Gasteiger partial charge in [-0.2, -0.15) is 0 Å². The number of hydrogen-bond donors (Lipinski definition) is 2. The van der Waals surface area contributed by atoms with Gasteiger partial charge in [0.1, 0.15) is 6.54 Å². The highest BCUT2D eigenvalue weighted by Crippen LogP contribution is 2.07. The molecule has 2 rings (SSSR count). The Kier molecular flexibility index (Phi) is 3.51. The van der Waals surface area contributed by atoms with E-state index in [2.05, 4.69) is 27.9 Å². The van der Waals surface area contributed by atoms with Gasteiger partial charge in [-0.1, -0.05) is 5.21 Å². The van der Waals surface area contributed by atoms with E-state index < -0.39 is 0 Å². The number of nitrogens with one attached hydrogen (secondary N) is 2. The van der Waals surface area contributed by atoms with Crippen molar-refractivity contribution in [3.8, 4) is 0 Å². The number of nitrogens with zero attached hydrogens (tertiary/aromatic N) is 3. The lowest BCUT2D eigenvalue weighted by Crippen LogP contribution is -2.47. The number of hydrogen-bond acceptors (Lipinski definition) is 4. The van der Waals surface area contributed by atoms with Crippen molar-refractivity contribution in [2.75, 3.05) is 6.54 Å². The Morgan fingerprint density at radius 1 is 1.69 bits per heavy atom. The van der Waals surface area contributed by atoms with E-state index in [9.17, 15) is 4.79 Å². The molecule has 1 aromatic rings. The molecule has 88 valence electrons. The smallest absolute Gasteiger partial charge is 0.242 e. The highest BCUT2D eigenvalue weighted by atomic mass is 16.2. The molecule has 0 bridgehead atoms. The predicted octanol–water partition coefficient (Wildman–Crippen LogP) is -0.465. The first kappa shape index (κ1) is 11.1. The van der Waals surface area contributed by atoms with Gasteiger partial charge >= 0.3 is 0 Å². The molecular formula is C10H17N5O. The zero-order valence-corrected chi connectivity index (χ0v) is 9.39. The molecule has 6 heteroatoms. The van der Waals surface area contributed by atoms with Crippen LogP contribution in [0.1, 0.15) is 19.8 Å². The zero-order valence-electron chi connectivity index (χ0n) is 9.39. The highest BCUT2D eigenvalue weighted by Gasteiger charge is 2.19. The Bertz CT molecular complexity index is 337. The average Bonchev–Trinajstić information content (AvgIpc) is 2.70. The molecule has 0 aliphatic carbocycles. The first-order valence-corrected chi connectivity index (χ1v) is 5.61. The normalized spacial score (nSPS) is 25.3. The van der Waals surface area contributed by atoms with Gasteiger partial charge in [0.15, 0.2) is 0 Å². The van der Waals surface area contributed by atoms with E-state index in [1.807, 2.05) is 0 Å². The summed E-state index contributed by atoms with van der Waals surface area (Å²) in [4.78, 5) is 11.7. The third kappa shape index (κ3) is 3.03. The Morgan fingerprint density at radius 2 is 2.56 bits per heavy atom. The van der Waals surface area contributed by atoms with Crippen molar-refractivity contribution in [1.29, 1.82) is 0 Å². The van der Waals surface area contributed by atoms with Crippen molar-refractivity contribution in [2.24, 2.45) is 0 Å². The summed E-state index contributed by atoms with van der Waals surface area (Å²) in [6.07, 6.45) is 5.24. The molecule has 0 spiro atoms. The summed E-state index contributed by atoms with van der Waals surface area (Å²) in [5.41, 5.74) is 0. The second kappa shape index (κ2) is 5.07. The van der Waals surface area contributed by atoms with E-state index in [1.54, 1.807) is 12.4 Å². The minimum atomic E-state index is 0.00426. The standard InChI is InChI=1S/C10H17N5O/c1-8-6-9(2-3-11-8)13-10(16)7-15-5-4-12-14-15/h4-5,8-9,11H,2-3,6-7H2,1H3,(H,13,16). The fourth-order valence-corrected chi connectivity index (χ4v) is 2.00. The van der Waals surface area contributed by atoms with E-state index in [0.29, 0.717) is 6.04 Å². The second-order valence-electron chi connectivity index (χ2n) is 4.24.